The molecule has 0 aromatic heterocycles. The SMILES string of the molecule is CC(C)C[C@H](NC(=O)[C@H](CCCN=C(N)N[N+](=O)[O-])NC(=O)C1(c2ccccc2)CCCC1)B1O[C@@H]2C[C@@H]3C[C@@H](C3(C)C)[C@]2(C)O1. The van der Waals surface area contributed by atoms with E-state index in [2.05, 4.69) is 50.2 Å². The number of hydrogen-bond donors (Lipinski definition) is 4. The van der Waals surface area contributed by atoms with E-state index < -0.39 is 35.1 Å². The molecular formula is C33H51BN6O6. The molecule has 0 unspecified atom stereocenters. The second-order valence-electron chi connectivity index (χ2n) is 15.0. The van der Waals surface area contributed by atoms with Crippen LogP contribution in [0, 0.1) is 33.3 Å². The van der Waals surface area contributed by atoms with E-state index in [1.54, 1.807) is 0 Å². The van der Waals surface area contributed by atoms with Crippen molar-refractivity contribution in [2.24, 2.45) is 33.9 Å². The van der Waals surface area contributed by atoms with E-state index in [-0.39, 0.29) is 48.2 Å². The van der Waals surface area contributed by atoms with Gasteiger partial charge in [0.05, 0.1) is 23.1 Å². The summed E-state index contributed by atoms with van der Waals surface area (Å²) in [6.45, 7) is 11.2. The lowest BCUT2D eigenvalue weighted by molar-refractivity contribution is -0.525. The lowest BCUT2D eigenvalue weighted by Gasteiger charge is -2.64. The van der Waals surface area contributed by atoms with Gasteiger partial charge in [0, 0.05) is 6.54 Å². The Morgan fingerprint density at radius 2 is 1.83 bits per heavy atom. The smallest absolute Gasteiger partial charge is 0.404 e. The van der Waals surface area contributed by atoms with Crippen LogP contribution in [0.15, 0.2) is 35.3 Å². The molecule has 0 radical (unpaired) electrons. The highest BCUT2D eigenvalue weighted by Crippen LogP contribution is 2.65. The summed E-state index contributed by atoms with van der Waals surface area (Å²) in [4.78, 5) is 42.9. The number of carbonyl (C=O) groups excluding carboxylic acids is 2. The van der Waals surface area contributed by atoms with Crippen LogP contribution in [0.4, 0.5) is 0 Å². The Balaban J connectivity index is 1.33. The van der Waals surface area contributed by atoms with Gasteiger partial charge in [0.15, 0.2) is 5.03 Å². The van der Waals surface area contributed by atoms with E-state index in [9.17, 15) is 19.7 Å². The van der Waals surface area contributed by atoms with Gasteiger partial charge >= 0.3 is 7.12 Å². The van der Waals surface area contributed by atoms with E-state index in [1.165, 1.54) is 0 Å². The van der Waals surface area contributed by atoms with Gasteiger partial charge in [-0.2, -0.15) is 0 Å². The zero-order valence-electron chi connectivity index (χ0n) is 27.9. The summed E-state index contributed by atoms with van der Waals surface area (Å²) in [5.41, 5.74) is 7.46. The number of benzene rings is 1. The van der Waals surface area contributed by atoms with Crippen LogP contribution in [0.2, 0.25) is 0 Å². The van der Waals surface area contributed by atoms with Crippen molar-refractivity contribution in [3.8, 4) is 0 Å². The van der Waals surface area contributed by atoms with Gasteiger partial charge < -0.3 is 25.7 Å². The molecule has 4 aliphatic carbocycles. The number of guanidine groups is 1. The highest BCUT2D eigenvalue weighted by Gasteiger charge is 2.68. The molecule has 5 fully saturated rings. The van der Waals surface area contributed by atoms with Gasteiger partial charge in [-0.25, -0.2) is 15.1 Å². The van der Waals surface area contributed by atoms with Crippen molar-refractivity contribution in [3.63, 3.8) is 0 Å². The molecule has 5 N–H and O–H groups in total. The Labute approximate surface area is 272 Å². The molecule has 1 heterocycles. The fourth-order valence-corrected chi connectivity index (χ4v) is 8.67. The Hall–Kier alpha value is -3.19. The number of aliphatic imine (C=N–C) groups is 1. The molecule has 12 nitrogen and oxygen atoms in total. The number of amides is 2. The maximum Gasteiger partial charge on any atom is 0.481 e. The first-order valence-corrected chi connectivity index (χ1v) is 17.0. The Morgan fingerprint density at radius 3 is 2.46 bits per heavy atom. The molecule has 2 amide bonds. The minimum atomic E-state index is -0.853. The molecule has 4 saturated carbocycles. The average Bonchev–Trinajstić information content (AvgIpc) is 3.63. The molecule has 2 bridgehead atoms. The van der Waals surface area contributed by atoms with Crippen LogP contribution in [0.25, 0.3) is 0 Å². The third-order valence-electron chi connectivity index (χ3n) is 11.3. The molecule has 6 rings (SSSR count). The summed E-state index contributed by atoms with van der Waals surface area (Å²) in [6.07, 6.45) is 6.67. The number of nitro groups is 1. The fourth-order valence-electron chi connectivity index (χ4n) is 8.67. The lowest BCUT2D eigenvalue weighted by Crippen LogP contribution is -2.65. The first kappa shape index (κ1) is 34.2. The molecular weight excluding hydrogens is 587 g/mol. The van der Waals surface area contributed by atoms with Gasteiger partial charge in [-0.15, -0.1) is 0 Å². The second-order valence-corrected chi connectivity index (χ2v) is 15.0. The van der Waals surface area contributed by atoms with Crippen LogP contribution in [0.3, 0.4) is 0 Å². The van der Waals surface area contributed by atoms with Crippen molar-refractivity contribution < 1.29 is 23.9 Å². The van der Waals surface area contributed by atoms with Gasteiger partial charge in [0.2, 0.25) is 11.8 Å². The van der Waals surface area contributed by atoms with Gasteiger partial charge in [-0.1, -0.05) is 76.3 Å². The predicted octanol–water partition coefficient (Wildman–Crippen LogP) is 3.66. The molecule has 1 aliphatic heterocycles. The number of hydrogen-bond acceptors (Lipinski definition) is 7. The number of carbonyl (C=O) groups is 2. The monoisotopic (exact) mass is 638 g/mol. The van der Waals surface area contributed by atoms with Crippen LogP contribution in [-0.4, -0.2) is 60.2 Å². The van der Waals surface area contributed by atoms with E-state index in [1.807, 2.05) is 35.8 Å². The van der Waals surface area contributed by atoms with Crippen LogP contribution in [-0.2, 0) is 24.3 Å². The maximum atomic E-state index is 14.1. The largest absolute Gasteiger partial charge is 0.481 e. The zero-order valence-corrected chi connectivity index (χ0v) is 27.9. The van der Waals surface area contributed by atoms with Crippen molar-refractivity contribution in [2.45, 2.75) is 122 Å². The molecule has 5 aliphatic rings. The molecule has 1 saturated heterocycles. The molecule has 0 spiro atoms. The molecule has 1 aromatic carbocycles. The third kappa shape index (κ3) is 6.76. The number of rotatable bonds is 13. The van der Waals surface area contributed by atoms with Crippen molar-refractivity contribution in [2.75, 3.05) is 6.54 Å². The number of nitrogens with zero attached hydrogens (tertiary/aromatic N) is 2. The summed E-state index contributed by atoms with van der Waals surface area (Å²) in [6, 6.07) is 8.93. The normalized spacial score (nSPS) is 29.0. The summed E-state index contributed by atoms with van der Waals surface area (Å²) in [5.74, 6) is 0.0863. The van der Waals surface area contributed by atoms with E-state index >= 15 is 0 Å². The molecule has 252 valence electrons. The van der Waals surface area contributed by atoms with E-state index in [0.717, 1.165) is 31.2 Å². The fraction of sp³-hybridized carbons (Fsp3) is 0.727. The molecule has 13 heteroatoms. The highest BCUT2D eigenvalue weighted by molar-refractivity contribution is 6.48. The standard InChI is InChI=1S/C33H51BN6O6/c1-21(2)18-27(34-45-26-20-23-19-25(31(23,3)4)32(26,5)46-34)38-28(41)24(14-11-17-36-30(35)39-40(43)44)37-29(42)33(15-9-10-16-33)22-12-7-6-8-13-22/h6-8,12-13,21,23-27H,9-11,14-20H2,1-5H3,(H,37,42)(H,38,41)(H3,35,36,39)/t23-,24-,25-,26+,27-,32-/m0/s1. The lowest BCUT2D eigenvalue weighted by atomic mass is 9.43. The number of nitrogens with two attached hydrogens (primary N) is 1. The second kappa shape index (κ2) is 13.5. The Morgan fingerprint density at radius 1 is 1.13 bits per heavy atom. The van der Waals surface area contributed by atoms with Crippen LogP contribution in [0.5, 0.6) is 0 Å². The Kier molecular flexibility index (Phi) is 10.0. The van der Waals surface area contributed by atoms with Gasteiger partial charge in [0.1, 0.15) is 6.04 Å². The Bertz CT molecular complexity index is 1300. The van der Waals surface area contributed by atoms with Crippen molar-refractivity contribution in [1.29, 1.82) is 0 Å². The third-order valence-corrected chi connectivity index (χ3v) is 11.3. The minimum Gasteiger partial charge on any atom is -0.404 e. The molecule has 6 atom stereocenters. The highest BCUT2D eigenvalue weighted by atomic mass is 16.7. The van der Waals surface area contributed by atoms with Crippen molar-refractivity contribution in [3.05, 3.63) is 46.0 Å². The maximum absolute atomic E-state index is 14.1. The van der Waals surface area contributed by atoms with Gasteiger partial charge in [-0.05, 0) is 80.6 Å². The van der Waals surface area contributed by atoms with Gasteiger partial charge in [0.25, 0.3) is 5.96 Å². The summed E-state index contributed by atoms with van der Waals surface area (Å²) >= 11 is 0. The van der Waals surface area contributed by atoms with Crippen LogP contribution >= 0.6 is 0 Å². The van der Waals surface area contributed by atoms with Crippen LogP contribution in [0.1, 0.15) is 98.0 Å². The van der Waals surface area contributed by atoms with Crippen LogP contribution < -0.4 is 21.8 Å². The van der Waals surface area contributed by atoms with Crippen molar-refractivity contribution in [1.82, 2.24) is 16.1 Å². The predicted molar refractivity (Wildman–Crippen MR) is 176 cm³/mol. The first-order chi connectivity index (χ1) is 21.8. The van der Waals surface area contributed by atoms with E-state index in [0.29, 0.717) is 37.5 Å². The number of nitrogens with one attached hydrogen (secondary N) is 3. The van der Waals surface area contributed by atoms with Gasteiger partial charge in [-0.3, -0.25) is 9.59 Å². The number of hydrazine groups is 1. The molecule has 1 aromatic rings. The van der Waals surface area contributed by atoms with Crippen molar-refractivity contribution >= 4 is 24.9 Å². The summed E-state index contributed by atoms with van der Waals surface area (Å²) in [7, 11) is -0.587. The quantitative estimate of drug-likeness (QED) is 0.0634. The van der Waals surface area contributed by atoms with E-state index in [4.69, 9.17) is 15.0 Å². The minimum absolute atomic E-state index is 0.0134. The summed E-state index contributed by atoms with van der Waals surface area (Å²) in [5, 5.41) is 16.3. The topological polar surface area (TPSA) is 170 Å². The molecule has 46 heavy (non-hydrogen) atoms. The summed E-state index contributed by atoms with van der Waals surface area (Å²) < 4.78 is 13.3. The zero-order chi connectivity index (χ0) is 33.3. The average molecular weight is 639 g/mol. The first-order valence-electron chi connectivity index (χ1n) is 17.0.